The lowest BCUT2D eigenvalue weighted by Crippen LogP contribution is -2.55. The fraction of sp³-hybridized carbons (Fsp3) is 0. The molecule has 272 valence electrons. The monoisotopic (exact) mass is 766 g/mol. The minimum absolute atomic E-state index is 0.170. The van der Waals surface area contributed by atoms with Crippen molar-refractivity contribution in [2.75, 3.05) is 0 Å². The van der Waals surface area contributed by atoms with Gasteiger partial charge in [0.05, 0.1) is 11.0 Å². The van der Waals surface area contributed by atoms with Crippen molar-refractivity contribution in [2.24, 2.45) is 0 Å². The number of furan rings is 1. The molecule has 5 nitrogen and oxygen atoms in total. The third-order valence-corrected chi connectivity index (χ3v) is 11.6. The lowest BCUT2D eigenvalue weighted by Gasteiger charge is -2.21. The fourth-order valence-electron chi connectivity index (χ4n) is 8.55. The molecule has 0 unspecified atom stereocenters. The predicted octanol–water partition coefficient (Wildman–Crippen LogP) is 7.17. The molecule has 0 spiro atoms. The third-order valence-electron chi connectivity index (χ3n) is 11.6. The molecule has 8 aromatic carbocycles. The first kappa shape index (κ1) is 36.8. The molecule has 0 saturated heterocycles. The van der Waals surface area contributed by atoms with Gasteiger partial charge in [-0.15, -0.1) is 16.4 Å². The Balaban J connectivity index is 1.06. The Kier molecular flexibility index (Phi) is 8.71. The zero-order valence-corrected chi connectivity index (χ0v) is 32.7. The van der Waals surface area contributed by atoms with Crippen LogP contribution >= 0.6 is 0 Å². The molecule has 0 N–H and O–H groups in total. The molecule has 0 saturated carbocycles. The van der Waals surface area contributed by atoms with Crippen LogP contribution < -0.4 is 27.3 Å². The van der Waals surface area contributed by atoms with Crippen molar-refractivity contribution in [3.05, 3.63) is 164 Å². The van der Waals surface area contributed by atoms with Crippen molar-refractivity contribution in [3.63, 3.8) is 0 Å². The molecule has 0 atom stereocenters. The third kappa shape index (κ3) is 5.96. The molecule has 11 aromatic rings. The molecule has 0 bridgehead atoms. The molecule has 0 fully saturated rings. The van der Waals surface area contributed by atoms with Crippen molar-refractivity contribution in [3.8, 4) is 62.1 Å². The first-order chi connectivity index (χ1) is 29.8. The van der Waals surface area contributed by atoms with Crippen LogP contribution in [0.1, 0.15) is 0 Å². The molecule has 0 aliphatic carbocycles. The van der Waals surface area contributed by atoms with Crippen LogP contribution in [0.5, 0.6) is 0 Å². The van der Waals surface area contributed by atoms with E-state index in [-0.39, 0.29) is 27.3 Å². The molecule has 10 radical (unpaired) electrons. The second kappa shape index (κ2) is 14.5. The van der Waals surface area contributed by atoms with E-state index < -0.39 is 0 Å². The summed E-state index contributed by atoms with van der Waals surface area (Å²) >= 11 is 0. The number of hydrogen-bond acceptors (Lipinski definition) is 4. The Morgan fingerprint density at radius 2 is 0.934 bits per heavy atom. The van der Waals surface area contributed by atoms with E-state index in [2.05, 4.69) is 89.5 Å². The van der Waals surface area contributed by atoms with E-state index >= 15 is 0 Å². The van der Waals surface area contributed by atoms with Gasteiger partial charge in [0.1, 0.15) is 50.4 Å². The average Bonchev–Trinajstić information content (AvgIpc) is 3.87. The smallest absolute Gasteiger partial charge is 0.164 e. The van der Waals surface area contributed by atoms with Crippen LogP contribution in [0, 0.1) is 0 Å². The van der Waals surface area contributed by atoms with Crippen LogP contribution in [0.3, 0.4) is 0 Å². The van der Waals surface area contributed by atoms with Gasteiger partial charge in [-0.25, -0.2) is 15.0 Å². The largest absolute Gasteiger partial charge is 0.455 e. The highest BCUT2D eigenvalue weighted by molar-refractivity contribution is 6.68. The highest BCUT2D eigenvalue weighted by atomic mass is 16.3. The van der Waals surface area contributed by atoms with Crippen LogP contribution in [-0.2, 0) is 0 Å². The molecule has 0 amide bonds. The first-order valence-electron chi connectivity index (χ1n) is 19.8. The Morgan fingerprint density at radius 3 is 1.67 bits per heavy atom. The van der Waals surface area contributed by atoms with Crippen molar-refractivity contribution in [1.29, 1.82) is 0 Å². The molecule has 0 aliphatic rings. The van der Waals surface area contributed by atoms with Crippen LogP contribution in [-0.4, -0.2) is 58.8 Å². The van der Waals surface area contributed by atoms with Crippen LogP contribution in [0.2, 0.25) is 0 Å². The Morgan fingerprint density at radius 1 is 0.393 bits per heavy atom. The minimum Gasteiger partial charge on any atom is -0.455 e. The van der Waals surface area contributed by atoms with E-state index in [0.717, 1.165) is 72.0 Å². The van der Waals surface area contributed by atoms with Gasteiger partial charge < -0.3 is 8.98 Å². The highest BCUT2D eigenvalue weighted by Crippen LogP contribution is 2.42. The molecule has 11 rings (SSSR count). The number of para-hydroxylation sites is 3. The maximum Gasteiger partial charge on any atom is 0.164 e. The summed E-state index contributed by atoms with van der Waals surface area (Å²) in [6.45, 7) is 0. The molecule has 0 aliphatic heterocycles. The van der Waals surface area contributed by atoms with Gasteiger partial charge in [0.2, 0.25) is 0 Å². The van der Waals surface area contributed by atoms with Crippen molar-refractivity contribution < 1.29 is 4.42 Å². The lowest BCUT2D eigenvalue weighted by molar-refractivity contribution is 0.670. The normalized spacial score (nSPS) is 11.6. The number of rotatable bonds is 6. The van der Waals surface area contributed by atoms with Gasteiger partial charge in [0, 0.05) is 49.5 Å². The van der Waals surface area contributed by atoms with E-state index in [1.165, 1.54) is 10.8 Å². The van der Waals surface area contributed by atoms with Crippen LogP contribution in [0.15, 0.2) is 168 Å². The van der Waals surface area contributed by atoms with Crippen molar-refractivity contribution >= 4 is 110 Å². The summed E-state index contributed by atoms with van der Waals surface area (Å²) in [7, 11) is 31.3. The summed E-state index contributed by atoms with van der Waals surface area (Å²) in [5.41, 5.74) is 11.7. The number of aromatic nitrogens is 4. The zero-order chi connectivity index (χ0) is 41.4. The average molecular weight is 766 g/mol. The van der Waals surface area contributed by atoms with E-state index in [0.29, 0.717) is 23.0 Å². The Hall–Kier alpha value is -7.31. The standard InChI is InChI=1S/C51H27B5N4O/c52-43-41(44(53)46(55)47(56)45(43)54)28-21-23-30(24-22-28)50-57-49(29-11-3-1-4-12-29)58-51(59-50)36-18-10-20-40-42(36)35-17-9-16-33(48(35)61-40)31-25-26-39-37(27-31)34-15-7-8-19-38(34)60(39)32-13-5-2-6-14-32/h1-27H. The highest BCUT2D eigenvalue weighted by Gasteiger charge is 2.21. The predicted molar refractivity (Wildman–Crippen MR) is 256 cm³/mol. The van der Waals surface area contributed by atoms with E-state index in [1.807, 2.05) is 78.9 Å². The van der Waals surface area contributed by atoms with Gasteiger partial charge in [0.15, 0.2) is 17.5 Å². The zero-order valence-electron chi connectivity index (χ0n) is 32.7. The number of nitrogens with zero attached hydrogens (tertiary/aromatic N) is 4. The van der Waals surface area contributed by atoms with E-state index in [1.54, 1.807) is 0 Å². The molecule has 61 heavy (non-hydrogen) atoms. The molecule has 3 aromatic heterocycles. The molecule has 10 heteroatoms. The van der Waals surface area contributed by atoms with Gasteiger partial charge in [-0.05, 0) is 53.1 Å². The second-order valence-corrected chi connectivity index (χ2v) is 15.1. The first-order valence-corrected chi connectivity index (χ1v) is 19.8. The van der Waals surface area contributed by atoms with Gasteiger partial charge in [0.25, 0.3) is 0 Å². The number of fused-ring (bicyclic) bond motifs is 6. The minimum atomic E-state index is 0.170. The van der Waals surface area contributed by atoms with Gasteiger partial charge in [-0.2, -0.15) is 0 Å². The lowest BCUT2D eigenvalue weighted by atomic mass is 9.59. The Labute approximate surface area is 358 Å². The van der Waals surface area contributed by atoms with E-state index in [9.17, 15) is 0 Å². The second-order valence-electron chi connectivity index (χ2n) is 15.1. The quantitative estimate of drug-likeness (QED) is 0.169. The molecular weight excluding hydrogens is 739 g/mol. The number of benzene rings is 8. The molecular formula is C51H27B5N4O. The fourth-order valence-corrected chi connectivity index (χ4v) is 8.55. The summed E-state index contributed by atoms with van der Waals surface area (Å²) in [5, 5.41) is 4.22. The maximum atomic E-state index is 6.78. The summed E-state index contributed by atoms with van der Waals surface area (Å²) in [5.74, 6) is 1.53. The number of hydrogen-bond donors (Lipinski definition) is 0. The summed E-state index contributed by atoms with van der Waals surface area (Å²) < 4.78 is 9.10. The van der Waals surface area contributed by atoms with Crippen molar-refractivity contribution in [1.82, 2.24) is 19.5 Å². The van der Waals surface area contributed by atoms with E-state index in [4.69, 9.17) is 58.6 Å². The van der Waals surface area contributed by atoms with Crippen molar-refractivity contribution in [2.45, 2.75) is 0 Å². The maximum absolute atomic E-state index is 6.78. The summed E-state index contributed by atoms with van der Waals surface area (Å²) in [6.07, 6.45) is 0. The van der Waals surface area contributed by atoms with Gasteiger partial charge in [-0.3, -0.25) is 0 Å². The SMILES string of the molecule is [B]c1c([B])c([B])c(-c2ccc(-c3nc(-c4ccccc4)nc(-c4cccc5oc6c(-c7ccc8c(c7)c7ccccc7n8-c7ccccc7)cccc6c45)n3)cc2)c([B])c1[B]. The molecule has 3 heterocycles. The van der Waals surface area contributed by atoms with Crippen LogP contribution in [0.4, 0.5) is 0 Å². The van der Waals surface area contributed by atoms with Crippen LogP contribution in [0.25, 0.3) is 106 Å². The van der Waals surface area contributed by atoms with Gasteiger partial charge >= 0.3 is 0 Å². The van der Waals surface area contributed by atoms with Gasteiger partial charge in [-0.1, -0.05) is 138 Å². The summed E-state index contributed by atoms with van der Waals surface area (Å²) in [4.78, 5) is 15.2. The topological polar surface area (TPSA) is 56.7 Å². The Bertz CT molecular complexity index is 3500. The summed E-state index contributed by atoms with van der Waals surface area (Å²) in [6, 6.07) is 55.5.